The Labute approximate surface area is 118 Å². The van der Waals surface area contributed by atoms with E-state index in [1.54, 1.807) is 21.0 Å². The van der Waals surface area contributed by atoms with Crippen LogP contribution in [0, 0.1) is 0 Å². The molecule has 20 heavy (non-hydrogen) atoms. The molecule has 0 aliphatic heterocycles. The van der Waals surface area contributed by atoms with Crippen LogP contribution in [-0.4, -0.2) is 41.8 Å². The Bertz CT molecular complexity index is 631. The minimum absolute atomic E-state index is 0.114. The lowest BCUT2D eigenvalue weighted by Gasteiger charge is -2.17. The van der Waals surface area contributed by atoms with Crippen molar-refractivity contribution in [1.82, 2.24) is 15.2 Å². The van der Waals surface area contributed by atoms with E-state index < -0.39 is 6.04 Å². The number of nitrogens with one attached hydrogen (secondary N) is 2. The van der Waals surface area contributed by atoms with E-state index in [4.69, 9.17) is 0 Å². The van der Waals surface area contributed by atoms with E-state index >= 15 is 0 Å². The molecule has 1 heterocycles. The Morgan fingerprint density at radius 3 is 2.70 bits per heavy atom. The van der Waals surface area contributed by atoms with Crippen molar-refractivity contribution in [2.75, 3.05) is 14.1 Å². The number of aromatic amines is 1. The molecular weight excluding hydrogens is 254 g/mol. The number of aromatic nitrogens is 1. The first kappa shape index (κ1) is 14.1. The van der Waals surface area contributed by atoms with Crippen molar-refractivity contribution in [3.05, 3.63) is 36.0 Å². The molecule has 0 saturated heterocycles. The summed E-state index contributed by atoms with van der Waals surface area (Å²) in [6, 6.07) is 7.32. The summed E-state index contributed by atoms with van der Waals surface area (Å²) in [7, 11) is 3.34. The first-order valence-corrected chi connectivity index (χ1v) is 6.54. The molecule has 1 aromatic carbocycles. The molecule has 1 atom stereocenters. The molecule has 0 aliphatic rings. The Balaban J connectivity index is 2.03. The first-order chi connectivity index (χ1) is 9.49. The molecule has 2 amide bonds. The predicted molar refractivity (Wildman–Crippen MR) is 78.3 cm³/mol. The summed E-state index contributed by atoms with van der Waals surface area (Å²) < 4.78 is 0. The van der Waals surface area contributed by atoms with Gasteiger partial charge in [-0.15, -0.1) is 0 Å². The lowest BCUT2D eigenvalue weighted by Crippen LogP contribution is -2.44. The number of para-hydroxylation sites is 1. The van der Waals surface area contributed by atoms with Crippen LogP contribution in [-0.2, 0) is 16.0 Å². The fourth-order valence-corrected chi connectivity index (χ4v) is 2.19. The summed E-state index contributed by atoms with van der Waals surface area (Å²) >= 11 is 0. The highest BCUT2D eigenvalue weighted by molar-refractivity contribution is 5.91. The predicted octanol–water partition coefficient (Wildman–Crippen LogP) is 1.30. The maximum absolute atomic E-state index is 12.0. The third kappa shape index (κ3) is 2.99. The molecule has 2 rings (SSSR count). The van der Waals surface area contributed by atoms with Gasteiger partial charge in [0, 0.05) is 31.2 Å². The lowest BCUT2D eigenvalue weighted by molar-refractivity contribution is -0.133. The number of H-pyrrole nitrogens is 1. The summed E-state index contributed by atoms with van der Waals surface area (Å²) in [6.07, 6.45) is 2.09. The van der Waals surface area contributed by atoms with Crippen LogP contribution in [0.5, 0.6) is 0 Å². The summed E-state index contributed by atoms with van der Waals surface area (Å²) in [5.74, 6) is -0.269. The number of likely N-dealkylation sites (N-methyl/N-ethyl adjacent to an activating group) is 1. The van der Waals surface area contributed by atoms with Crippen LogP contribution in [0.25, 0.3) is 10.9 Å². The average Bonchev–Trinajstić information content (AvgIpc) is 2.81. The van der Waals surface area contributed by atoms with Crippen LogP contribution in [0.1, 0.15) is 12.5 Å². The zero-order valence-electron chi connectivity index (χ0n) is 11.9. The number of amides is 2. The zero-order chi connectivity index (χ0) is 14.7. The van der Waals surface area contributed by atoms with E-state index in [9.17, 15) is 9.59 Å². The van der Waals surface area contributed by atoms with E-state index in [2.05, 4.69) is 10.3 Å². The maximum Gasteiger partial charge on any atom is 0.244 e. The Morgan fingerprint density at radius 2 is 2.00 bits per heavy atom. The number of rotatable bonds is 4. The molecule has 0 spiro atoms. The Kier molecular flexibility index (Phi) is 4.08. The van der Waals surface area contributed by atoms with Gasteiger partial charge in [0.25, 0.3) is 0 Å². The van der Waals surface area contributed by atoms with Gasteiger partial charge in [-0.25, -0.2) is 0 Å². The normalized spacial score (nSPS) is 12.2. The van der Waals surface area contributed by atoms with Crippen LogP contribution in [0.2, 0.25) is 0 Å². The van der Waals surface area contributed by atoms with Crippen LogP contribution in [0.4, 0.5) is 0 Å². The van der Waals surface area contributed by atoms with E-state index in [0.717, 1.165) is 16.5 Å². The second kappa shape index (κ2) is 5.77. The third-order valence-corrected chi connectivity index (χ3v) is 3.21. The van der Waals surface area contributed by atoms with Gasteiger partial charge in [-0.3, -0.25) is 9.59 Å². The molecule has 106 valence electrons. The van der Waals surface area contributed by atoms with Gasteiger partial charge in [0.15, 0.2) is 0 Å². The second-order valence-electron chi connectivity index (χ2n) is 5.06. The molecule has 5 heteroatoms. The molecule has 5 nitrogen and oxygen atoms in total. The van der Waals surface area contributed by atoms with Crippen molar-refractivity contribution in [2.45, 2.75) is 19.4 Å². The summed E-state index contributed by atoms with van der Waals surface area (Å²) in [5, 5.41) is 3.76. The van der Waals surface area contributed by atoms with Gasteiger partial charge in [-0.1, -0.05) is 18.2 Å². The molecule has 2 aromatic rings. The monoisotopic (exact) mass is 273 g/mol. The minimum atomic E-state index is -0.511. The number of carbonyl (C=O) groups excluding carboxylic acids is 2. The number of benzene rings is 1. The van der Waals surface area contributed by atoms with Crippen molar-refractivity contribution in [3.8, 4) is 0 Å². The highest BCUT2D eigenvalue weighted by Crippen LogP contribution is 2.17. The summed E-state index contributed by atoms with van der Waals surface area (Å²) in [4.78, 5) is 28.3. The van der Waals surface area contributed by atoms with Gasteiger partial charge in [0.1, 0.15) is 6.04 Å². The van der Waals surface area contributed by atoms with Crippen molar-refractivity contribution in [3.63, 3.8) is 0 Å². The topological polar surface area (TPSA) is 65.2 Å². The van der Waals surface area contributed by atoms with Gasteiger partial charge < -0.3 is 15.2 Å². The van der Waals surface area contributed by atoms with E-state index in [0.29, 0.717) is 0 Å². The Hall–Kier alpha value is -2.30. The van der Waals surface area contributed by atoms with Crippen molar-refractivity contribution in [1.29, 1.82) is 0 Å². The number of nitrogens with zero attached hydrogens (tertiary/aromatic N) is 1. The highest BCUT2D eigenvalue weighted by Gasteiger charge is 2.17. The highest BCUT2D eigenvalue weighted by atomic mass is 16.2. The fourth-order valence-electron chi connectivity index (χ4n) is 2.19. The molecule has 1 aromatic heterocycles. The number of hydrogen-bond donors (Lipinski definition) is 2. The second-order valence-corrected chi connectivity index (χ2v) is 5.06. The molecular formula is C15H19N3O2. The van der Waals surface area contributed by atoms with Gasteiger partial charge in [-0.05, 0) is 18.6 Å². The molecule has 0 radical (unpaired) electrons. The van der Waals surface area contributed by atoms with Gasteiger partial charge >= 0.3 is 0 Å². The van der Waals surface area contributed by atoms with Crippen LogP contribution in [0.3, 0.4) is 0 Å². The van der Waals surface area contributed by atoms with Gasteiger partial charge in [0.2, 0.25) is 11.8 Å². The maximum atomic E-state index is 12.0. The van der Waals surface area contributed by atoms with Crippen molar-refractivity contribution in [2.24, 2.45) is 0 Å². The minimum Gasteiger partial charge on any atom is -0.361 e. The molecule has 0 bridgehead atoms. The largest absolute Gasteiger partial charge is 0.361 e. The molecule has 0 fully saturated rings. The van der Waals surface area contributed by atoms with Crippen molar-refractivity contribution < 1.29 is 9.59 Å². The molecule has 0 aliphatic carbocycles. The zero-order valence-corrected chi connectivity index (χ0v) is 11.9. The smallest absolute Gasteiger partial charge is 0.244 e. The summed E-state index contributed by atoms with van der Waals surface area (Å²) in [6.45, 7) is 1.69. The molecule has 0 saturated carbocycles. The lowest BCUT2D eigenvalue weighted by atomic mass is 10.1. The van der Waals surface area contributed by atoms with E-state index in [1.807, 2.05) is 30.5 Å². The fraction of sp³-hybridized carbons (Fsp3) is 0.333. The summed E-state index contributed by atoms with van der Waals surface area (Å²) in [5.41, 5.74) is 1.94. The van der Waals surface area contributed by atoms with Crippen molar-refractivity contribution >= 4 is 22.7 Å². The first-order valence-electron chi connectivity index (χ1n) is 6.54. The van der Waals surface area contributed by atoms with E-state index in [-0.39, 0.29) is 18.2 Å². The molecule has 2 N–H and O–H groups in total. The standard InChI is InChI=1S/C15H19N3O2/c1-10(15(20)18(2)3)17-14(19)8-11-9-16-13-7-5-4-6-12(11)13/h4-7,9-10,16H,8H2,1-3H3,(H,17,19). The quantitative estimate of drug-likeness (QED) is 0.882. The third-order valence-electron chi connectivity index (χ3n) is 3.21. The number of hydrogen-bond acceptors (Lipinski definition) is 2. The van der Waals surface area contributed by atoms with Crippen LogP contribution >= 0.6 is 0 Å². The number of fused-ring (bicyclic) bond motifs is 1. The Morgan fingerprint density at radius 1 is 1.30 bits per heavy atom. The SMILES string of the molecule is CC(NC(=O)Cc1c[nH]c2ccccc12)C(=O)N(C)C. The van der Waals surface area contributed by atoms with Crippen LogP contribution in [0.15, 0.2) is 30.5 Å². The van der Waals surface area contributed by atoms with Gasteiger partial charge in [-0.2, -0.15) is 0 Å². The van der Waals surface area contributed by atoms with E-state index in [1.165, 1.54) is 4.90 Å². The number of carbonyl (C=O) groups is 2. The van der Waals surface area contributed by atoms with Gasteiger partial charge in [0.05, 0.1) is 6.42 Å². The average molecular weight is 273 g/mol. The van der Waals surface area contributed by atoms with Crippen LogP contribution < -0.4 is 5.32 Å². The molecule has 1 unspecified atom stereocenters.